The highest BCUT2D eigenvalue weighted by Crippen LogP contribution is 2.59. The van der Waals surface area contributed by atoms with E-state index in [4.69, 9.17) is 0 Å². The summed E-state index contributed by atoms with van der Waals surface area (Å²) >= 11 is 0. The lowest BCUT2D eigenvalue weighted by Crippen LogP contribution is -2.36. The first-order chi connectivity index (χ1) is 13.5. The molecule has 5 heteroatoms. The Bertz CT molecular complexity index is 834. The van der Waals surface area contributed by atoms with E-state index in [0.717, 1.165) is 51.1 Å². The third-order valence-electron chi connectivity index (χ3n) is 6.88. The van der Waals surface area contributed by atoms with E-state index in [1.807, 2.05) is 18.2 Å². The van der Waals surface area contributed by atoms with Crippen LogP contribution in [0.15, 0.2) is 30.3 Å². The van der Waals surface area contributed by atoms with Gasteiger partial charge in [0.25, 0.3) is 0 Å². The van der Waals surface area contributed by atoms with E-state index in [1.165, 1.54) is 16.8 Å². The van der Waals surface area contributed by atoms with Crippen molar-refractivity contribution in [3.63, 3.8) is 0 Å². The van der Waals surface area contributed by atoms with E-state index in [9.17, 15) is 4.79 Å². The quantitative estimate of drug-likeness (QED) is 0.835. The maximum atomic E-state index is 12.6. The Morgan fingerprint density at radius 2 is 1.93 bits per heavy atom. The largest absolute Gasteiger partial charge is 0.352 e. The highest BCUT2D eigenvalue weighted by Gasteiger charge is 2.58. The van der Waals surface area contributed by atoms with Crippen molar-refractivity contribution in [1.82, 2.24) is 20.0 Å². The molecule has 150 valence electrons. The van der Waals surface area contributed by atoms with Crippen molar-refractivity contribution in [3.05, 3.63) is 52.8 Å². The van der Waals surface area contributed by atoms with E-state index in [0.29, 0.717) is 6.54 Å². The summed E-state index contributed by atoms with van der Waals surface area (Å²) in [6.07, 6.45) is 3.33. The first kappa shape index (κ1) is 19.2. The second-order valence-corrected chi connectivity index (χ2v) is 8.56. The van der Waals surface area contributed by atoms with Gasteiger partial charge in [-0.25, -0.2) is 0 Å². The molecule has 1 N–H and O–H groups in total. The normalized spacial score (nSPS) is 21.0. The first-order valence-electron chi connectivity index (χ1n) is 10.6. The Hall–Kier alpha value is -2.14. The minimum absolute atomic E-state index is 0.213. The molecular weight excluding hydrogens is 348 g/mol. The fourth-order valence-electron chi connectivity index (χ4n) is 4.83. The fraction of sp³-hybridized carbons (Fsp3) is 0.565. The minimum Gasteiger partial charge on any atom is -0.352 e. The van der Waals surface area contributed by atoms with Crippen LogP contribution in [0.1, 0.15) is 48.7 Å². The zero-order valence-electron chi connectivity index (χ0n) is 17.4. The van der Waals surface area contributed by atoms with Crippen LogP contribution in [-0.4, -0.2) is 33.7 Å². The topological polar surface area (TPSA) is 50.2 Å². The number of nitrogens with one attached hydrogen (secondary N) is 1. The third kappa shape index (κ3) is 3.72. The molecule has 1 atom stereocenters. The van der Waals surface area contributed by atoms with Gasteiger partial charge in [0.15, 0.2) is 0 Å². The smallest absolute Gasteiger partial charge is 0.223 e. The number of hydrogen-bond donors (Lipinski definition) is 1. The monoisotopic (exact) mass is 380 g/mol. The van der Waals surface area contributed by atoms with Gasteiger partial charge in [-0.1, -0.05) is 30.3 Å². The van der Waals surface area contributed by atoms with E-state index in [1.54, 1.807) is 0 Å². The standard InChI is InChI=1S/C23H32N4O/c1-4-27-18(3)20(17(2)25-27)16-26-12-10-23(11-13-26)14-21(23)22(28)24-15-19-8-6-5-7-9-19/h5-9,21H,4,10-16H2,1-3H3,(H,24,28). The zero-order chi connectivity index (χ0) is 19.7. The number of carbonyl (C=O) groups is 1. The predicted octanol–water partition coefficient (Wildman–Crippen LogP) is 3.44. The third-order valence-corrected chi connectivity index (χ3v) is 6.88. The number of aryl methyl sites for hydroxylation is 2. The molecule has 1 spiro atoms. The summed E-state index contributed by atoms with van der Waals surface area (Å²) in [6, 6.07) is 10.2. The number of piperidine rings is 1. The average Bonchev–Trinajstić information content (AvgIpc) is 3.36. The number of hydrogen-bond acceptors (Lipinski definition) is 3. The van der Waals surface area contributed by atoms with Gasteiger partial charge in [0, 0.05) is 36.8 Å². The average molecular weight is 381 g/mol. The molecule has 1 saturated heterocycles. The predicted molar refractivity (Wildman–Crippen MR) is 111 cm³/mol. The summed E-state index contributed by atoms with van der Waals surface area (Å²) in [5, 5.41) is 7.80. The van der Waals surface area contributed by atoms with Crippen LogP contribution >= 0.6 is 0 Å². The summed E-state index contributed by atoms with van der Waals surface area (Å²) in [5.41, 5.74) is 5.26. The van der Waals surface area contributed by atoms with Gasteiger partial charge in [-0.15, -0.1) is 0 Å². The molecule has 1 unspecified atom stereocenters. The maximum absolute atomic E-state index is 12.6. The number of rotatable bonds is 6. The highest BCUT2D eigenvalue weighted by atomic mass is 16.2. The number of aromatic nitrogens is 2. The molecule has 0 radical (unpaired) electrons. The second-order valence-electron chi connectivity index (χ2n) is 8.56. The van der Waals surface area contributed by atoms with Gasteiger partial charge in [0.1, 0.15) is 0 Å². The van der Waals surface area contributed by atoms with Crippen molar-refractivity contribution in [2.24, 2.45) is 11.3 Å². The maximum Gasteiger partial charge on any atom is 0.223 e. The summed E-state index contributed by atoms with van der Waals surface area (Å²) in [6.45, 7) is 11.2. The van der Waals surface area contributed by atoms with Crippen LogP contribution in [-0.2, 0) is 24.4 Å². The number of likely N-dealkylation sites (tertiary alicyclic amines) is 1. The minimum atomic E-state index is 0.213. The Kier molecular flexibility index (Phi) is 5.28. The van der Waals surface area contributed by atoms with Crippen molar-refractivity contribution in [2.75, 3.05) is 13.1 Å². The van der Waals surface area contributed by atoms with Crippen molar-refractivity contribution in [3.8, 4) is 0 Å². The summed E-state index contributed by atoms with van der Waals surface area (Å²) < 4.78 is 2.10. The van der Waals surface area contributed by atoms with E-state index >= 15 is 0 Å². The van der Waals surface area contributed by atoms with Crippen molar-refractivity contribution < 1.29 is 4.79 Å². The van der Waals surface area contributed by atoms with Gasteiger partial charge in [0.2, 0.25) is 5.91 Å². The van der Waals surface area contributed by atoms with E-state index in [2.05, 4.69) is 52.9 Å². The van der Waals surface area contributed by atoms with Gasteiger partial charge in [0.05, 0.1) is 5.69 Å². The number of carbonyl (C=O) groups excluding carboxylic acids is 1. The van der Waals surface area contributed by atoms with Gasteiger partial charge >= 0.3 is 0 Å². The van der Waals surface area contributed by atoms with E-state index < -0.39 is 0 Å². The van der Waals surface area contributed by atoms with Gasteiger partial charge in [-0.3, -0.25) is 14.4 Å². The second kappa shape index (κ2) is 7.70. The fourth-order valence-corrected chi connectivity index (χ4v) is 4.83. The molecule has 2 aliphatic rings. The van der Waals surface area contributed by atoms with Crippen LogP contribution in [0.5, 0.6) is 0 Å². The van der Waals surface area contributed by atoms with Crippen LogP contribution in [0, 0.1) is 25.2 Å². The first-order valence-corrected chi connectivity index (χ1v) is 10.6. The van der Waals surface area contributed by atoms with Crippen LogP contribution < -0.4 is 5.32 Å². The number of amides is 1. The Morgan fingerprint density at radius 1 is 1.21 bits per heavy atom. The van der Waals surface area contributed by atoms with Crippen LogP contribution in [0.2, 0.25) is 0 Å². The molecule has 2 aromatic rings. The van der Waals surface area contributed by atoms with Crippen LogP contribution in [0.3, 0.4) is 0 Å². The molecule has 1 aromatic heterocycles. The van der Waals surface area contributed by atoms with Crippen molar-refractivity contribution >= 4 is 5.91 Å². The lowest BCUT2D eigenvalue weighted by molar-refractivity contribution is -0.123. The van der Waals surface area contributed by atoms with Crippen LogP contribution in [0.25, 0.3) is 0 Å². The van der Waals surface area contributed by atoms with Crippen molar-refractivity contribution in [1.29, 1.82) is 0 Å². The molecule has 2 heterocycles. The Morgan fingerprint density at radius 3 is 2.57 bits per heavy atom. The molecule has 5 nitrogen and oxygen atoms in total. The molecule has 1 amide bonds. The molecule has 1 saturated carbocycles. The highest BCUT2D eigenvalue weighted by molar-refractivity contribution is 5.82. The van der Waals surface area contributed by atoms with Crippen LogP contribution in [0.4, 0.5) is 0 Å². The molecule has 4 rings (SSSR count). The Balaban J connectivity index is 1.28. The van der Waals surface area contributed by atoms with E-state index in [-0.39, 0.29) is 17.2 Å². The summed E-state index contributed by atoms with van der Waals surface area (Å²) in [5.74, 6) is 0.456. The SMILES string of the molecule is CCn1nc(C)c(CN2CCC3(CC2)CC3C(=O)NCc2ccccc2)c1C. The lowest BCUT2D eigenvalue weighted by atomic mass is 9.90. The molecule has 1 aromatic carbocycles. The molecule has 2 fully saturated rings. The van der Waals surface area contributed by atoms with Gasteiger partial charge in [-0.2, -0.15) is 5.10 Å². The molecule has 1 aliphatic heterocycles. The van der Waals surface area contributed by atoms with Crippen molar-refractivity contribution in [2.45, 2.75) is 59.7 Å². The number of nitrogens with zero attached hydrogens (tertiary/aromatic N) is 3. The number of benzene rings is 1. The molecule has 28 heavy (non-hydrogen) atoms. The molecule has 1 aliphatic carbocycles. The van der Waals surface area contributed by atoms with Gasteiger partial charge in [-0.05, 0) is 64.1 Å². The summed E-state index contributed by atoms with van der Waals surface area (Å²) in [7, 11) is 0. The molecule has 0 bridgehead atoms. The lowest BCUT2D eigenvalue weighted by Gasteiger charge is -2.33. The summed E-state index contributed by atoms with van der Waals surface area (Å²) in [4.78, 5) is 15.2. The zero-order valence-corrected chi connectivity index (χ0v) is 17.4. The Labute approximate surface area is 168 Å². The molecular formula is C23H32N4O. The van der Waals surface area contributed by atoms with Gasteiger partial charge < -0.3 is 5.32 Å².